The maximum Gasteiger partial charge on any atom is 0.303 e. The van der Waals surface area contributed by atoms with Gasteiger partial charge in [0.25, 0.3) is 0 Å². The van der Waals surface area contributed by atoms with Crippen LogP contribution in [0.5, 0.6) is 0 Å². The van der Waals surface area contributed by atoms with Gasteiger partial charge in [0.1, 0.15) is 12.7 Å². The van der Waals surface area contributed by atoms with Crippen LogP contribution in [-0.4, -0.2) is 45.2 Å². The number of ether oxygens (including phenoxy) is 3. The molecule has 6 nitrogen and oxygen atoms in total. The second-order valence-electron chi connectivity index (χ2n) is 6.98. The summed E-state index contributed by atoms with van der Waals surface area (Å²) in [5.74, 6) is -1.39. The molecular weight excluding hydrogens is 316 g/mol. The van der Waals surface area contributed by atoms with Crippen LogP contribution in [0.3, 0.4) is 0 Å². The molecule has 0 fully saturated rings. The monoisotopic (exact) mass is 346 g/mol. The molecule has 132 valence electrons. The fourth-order valence-corrected chi connectivity index (χ4v) is 3.10. The van der Waals surface area contributed by atoms with Gasteiger partial charge in [0.2, 0.25) is 0 Å². The van der Waals surface area contributed by atoms with Gasteiger partial charge >= 0.3 is 11.9 Å². The fourth-order valence-electron chi connectivity index (χ4n) is 1.85. The molecule has 1 rings (SSSR count). The van der Waals surface area contributed by atoms with Crippen molar-refractivity contribution >= 4 is 20.3 Å². The average molecular weight is 346 g/mol. The zero-order valence-corrected chi connectivity index (χ0v) is 15.5. The highest BCUT2D eigenvalue weighted by Gasteiger charge is 2.44. The van der Waals surface area contributed by atoms with E-state index in [4.69, 9.17) is 21.4 Å². The van der Waals surface area contributed by atoms with E-state index in [-0.39, 0.29) is 11.6 Å². The van der Waals surface area contributed by atoms with E-state index in [0.29, 0.717) is 0 Å². The Labute approximate surface area is 142 Å². The summed E-state index contributed by atoms with van der Waals surface area (Å²) < 4.78 is 36.2. The molecule has 0 radical (unpaired) electrons. The smallest absolute Gasteiger partial charge is 0.303 e. The summed E-state index contributed by atoms with van der Waals surface area (Å²) in [7, 11) is -2.16. The lowest BCUT2D eigenvalue weighted by Crippen LogP contribution is -2.53. The van der Waals surface area contributed by atoms with Gasteiger partial charge in [-0.1, -0.05) is 20.8 Å². The molecule has 0 aliphatic carbocycles. The molecule has 0 spiro atoms. The molecule has 7 heteroatoms. The molecule has 1 aliphatic rings. The van der Waals surface area contributed by atoms with Gasteiger partial charge < -0.3 is 18.6 Å². The van der Waals surface area contributed by atoms with E-state index >= 15 is 0 Å². The summed E-state index contributed by atoms with van der Waals surface area (Å²) in [6.45, 7) is 9.27. The summed E-state index contributed by atoms with van der Waals surface area (Å²) >= 11 is 0. The minimum absolute atomic E-state index is 0.0453. The van der Waals surface area contributed by atoms with Crippen molar-refractivity contribution in [3.63, 3.8) is 0 Å². The lowest BCUT2D eigenvalue weighted by Gasteiger charge is -2.42. The molecule has 0 bridgehead atoms. The van der Waals surface area contributed by atoms with Crippen molar-refractivity contribution in [1.82, 2.24) is 0 Å². The molecule has 3 atom stereocenters. The lowest BCUT2D eigenvalue weighted by atomic mass is 10.1. The summed E-state index contributed by atoms with van der Waals surface area (Å²) in [5.41, 5.74) is 0. The highest BCUT2D eigenvalue weighted by Crippen LogP contribution is 2.38. The van der Waals surface area contributed by atoms with Crippen LogP contribution in [-0.2, 0) is 28.2 Å². The molecule has 0 aromatic heterocycles. The molecule has 1 heterocycles. The first-order valence-electron chi connectivity index (χ1n) is 8.87. The van der Waals surface area contributed by atoms with Gasteiger partial charge in [-0.25, -0.2) is 0 Å². The standard InChI is InChI=1S/C16H28O6Si/c1-11(17)20-10-14-15(21-12(2)18)13(8-9-19-14)22-23(6,7)16(3,4)5/h8-9,13-15H,10H2,1-7H3/t13-,14-,15+/m1/s1/i1D,2D. The Morgan fingerprint density at radius 2 is 1.91 bits per heavy atom. The number of carbonyl (C=O) groups excluding carboxylic acids is 2. The zero-order chi connectivity index (χ0) is 19.3. The maximum atomic E-state index is 11.7. The van der Waals surface area contributed by atoms with Crippen LogP contribution in [0.2, 0.25) is 18.1 Å². The third kappa shape index (κ3) is 5.66. The van der Waals surface area contributed by atoms with Gasteiger partial charge in [0.15, 0.2) is 20.5 Å². The number of esters is 2. The lowest BCUT2D eigenvalue weighted by molar-refractivity contribution is -0.168. The molecule has 0 N–H and O–H groups in total. The van der Waals surface area contributed by atoms with Crippen LogP contribution in [0.15, 0.2) is 12.3 Å². The second kappa shape index (κ2) is 7.48. The Morgan fingerprint density at radius 1 is 1.26 bits per heavy atom. The summed E-state index contributed by atoms with van der Waals surface area (Å²) in [5, 5.41) is -0.0453. The molecule has 0 saturated carbocycles. The summed E-state index contributed by atoms with van der Waals surface area (Å²) in [6, 6.07) is 0. The van der Waals surface area contributed by atoms with Crippen molar-refractivity contribution in [2.45, 2.75) is 71.0 Å². The largest absolute Gasteiger partial charge is 0.491 e. The molecular formula is C16H28O6Si. The van der Waals surface area contributed by atoms with E-state index in [1.165, 1.54) is 6.26 Å². The predicted octanol–water partition coefficient (Wildman–Crippen LogP) is 2.78. The van der Waals surface area contributed by atoms with Crippen molar-refractivity contribution < 1.29 is 31.0 Å². The highest BCUT2D eigenvalue weighted by atomic mass is 28.4. The third-order valence-electron chi connectivity index (χ3n) is 4.12. The quantitative estimate of drug-likeness (QED) is 0.563. The molecule has 0 aromatic carbocycles. The third-order valence-corrected chi connectivity index (χ3v) is 8.60. The van der Waals surface area contributed by atoms with Crippen LogP contribution >= 0.6 is 0 Å². The minimum Gasteiger partial charge on any atom is -0.491 e. The zero-order valence-electron chi connectivity index (χ0n) is 16.5. The molecule has 1 aliphatic heterocycles. The van der Waals surface area contributed by atoms with Crippen LogP contribution in [0, 0.1) is 0 Å². The number of rotatable bonds is 5. The van der Waals surface area contributed by atoms with Crippen molar-refractivity contribution in [2.75, 3.05) is 6.61 Å². The SMILES string of the molecule is [2H]CC(=O)OC[C@H]1OC=C[C@@H](O[Si](C)(C)C(C)(C)C)[C@@H]1OC(=O)C[2H]. The van der Waals surface area contributed by atoms with Crippen LogP contribution < -0.4 is 0 Å². The number of hydrogen-bond acceptors (Lipinski definition) is 6. The predicted molar refractivity (Wildman–Crippen MR) is 88.3 cm³/mol. The van der Waals surface area contributed by atoms with Gasteiger partial charge in [-0.3, -0.25) is 9.59 Å². The van der Waals surface area contributed by atoms with Gasteiger partial charge in [0.05, 0.1) is 6.26 Å². The summed E-state index contributed by atoms with van der Waals surface area (Å²) in [4.78, 5) is 22.9. The van der Waals surface area contributed by atoms with Crippen molar-refractivity contribution in [3.8, 4) is 0 Å². The first kappa shape index (κ1) is 16.5. The molecule has 23 heavy (non-hydrogen) atoms. The number of hydrogen-bond donors (Lipinski definition) is 0. The van der Waals surface area contributed by atoms with Gasteiger partial charge in [-0.05, 0) is 24.2 Å². The molecule has 0 amide bonds. The first-order valence-corrected chi connectivity index (χ1v) is 10.4. The van der Waals surface area contributed by atoms with Gasteiger partial charge in [-0.15, -0.1) is 0 Å². The highest BCUT2D eigenvalue weighted by molar-refractivity contribution is 6.74. The van der Waals surface area contributed by atoms with Crippen LogP contribution in [0.1, 0.15) is 37.3 Å². The topological polar surface area (TPSA) is 71.1 Å². The van der Waals surface area contributed by atoms with E-state index in [2.05, 4.69) is 33.9 Å². The van der Waals surface area contributed by atoms with Crippen LogP contribution in [0.25, 0.3) is 0 Å². The van der Waals surface area contributed by atoms with Crippen molar-refractivity contribution in [3.05, 3.63) is 12.3 Å². The average Bonchev–Trinajstić information content (AvgIpc) is 2.53. The Balaban J connectivity index is 2.96. The minimum atomic E-state index is -2.16. The van der Waals surface area contributed by atoms with E-state index in [1.54, 1.807) is 6.08 Å². The van der Waals surface area contributed by atoms with E-state index in [1.807, 2.05) is 0 Å². The van der Waals surface area contributed by atoms with Crippen molar-refractivity contribution in [2.24, 2.45) is 0 Å². The fraction of sp³-hybridized carbons (Fsp3) is 0.750. The maximum absolute atomic E-state index is 11.7. The van der Waals surface area contributed by atoms with E-state index in [0.717, 1.165) is 0 Å². The Bertz CT molecular complexity index is 503. The van der Waals surface area contributed by atoms with Crippen LogP contribution in [0.4, 0.5) is 0 Å². The van der Waals surface area contributed by atoms with Gasteiger partial charge in [0, 0.05) is 16.5 Å². The summed E-state index contributed by atoms with van der Waals surface area (Å²) in [6.07, 6.45) is 0.999. The van der Waals surface area contributed by atoms with E-state index < -0.39 is 52.4 Å². The normalized spacial score (nSPS) is 25.9. The molecule has 0 unspecified atom stereocenters. The first-order chi connectivity index (χ1) is 11.5. The molecule has 0 aromatic rings. The number of carbonyl (C=O) groups is 2. The van der Waals surface area contributed by atoms with Crippen molar-refractivity contribution in [1.29, 1.82) is 0 Å². The second-order valence-corrected chi connectivity index (χ2v) is 11.7. The Hall–Kier alpha value is -1.34. The Morgan fingerprint density at radius 3 is 2.48 bits per heavy atom. The Kier molecular flexibility index (Phi) is 5.37. The molecule has 0 saturated heterocycles. The van der Waals surface area contributed by atoms with E-state index in [9.17, 15) is 9.59 Å². The van der Waals surface area contributed by atoms with Gasteiger partial charge in [-0.2, -0.15) is 0 Å².